The van der Waals surface area contributed by atoms with Gasteiger partial charge in [0.1, 0.15) is 11.3 Å². The molecule has 0 aliphatic carbocycles. The van der Waals surface area contributed by atoms with E-state index in [4.69, 9.17) is 17.0 Å². The normalized spacial score (nSPS) is 17.0. The highest BCUT2D eigenvalue weighted by Gasteiger charge is 2.17. The van der Waals surface area contributed by atoms with Gasteiger partial charge in [-0.2, -0.15) is 0 Å². The van der Waals surface area contributed by atoms with E-state index in [1.807, 2.05) is 18.2 Å². The van der Waals surface area contributed by atoms with Crippen molar-refractivity contribution in [2.75, 3.05) is 26.7 Å². The summed E-state index contributed by atoms with van der Waals surface area (Å²) in [5.74, 6) is 0.785. The van der Waals surface area contributed by atoms with Crippen molar-refractivity contribution in [3.05, 3.63) is 33.3 Å². The molecule has 3 N–H and O–H groups in total. The first kappa shape index (κ1) is 23.5. The maximum absolute atomic E-state index is 13.0. The number of nitrogens with zero attached hydrogens (tertiary/aromatic N) is 2. The first-order valence-electron chi connectivity index (χ1n) is 11.8. The number of aromatic amines is 2. The second-order valence-electron chi connectivity index (χ2n) is 8.86. The van der Waals surface area contributed by atoms with Gasteiger partial charge < -0.3 is 20.0 Å². The second-order valence-corrected chi connectivity index (χ2v) is 9.25. The van der Waals surface area contributed by atoms with E-state index in [-0.39, 0.29) is 11.5 Å². The van der Waals surface area contributed by atoms with Crippen LogP contribution in [0.2, 0.25) is 0 Å². The van der Waals surface area contributed by atoms with Crippen molar-refractivity contribution in [1.29, 1.82) is 0 Å². The van der Waals surface area contributed by atoms with Gasteiger partial charge in [0.05, 0.1) is 12.6 Å². The molecule has 3 heterocycles. The third kappa shape index (κ3) is 5.30. The third-order valence-electron chi connectivity index (χ3n) is 6.64. The fourth-order valence-corrected chi connectivity index (χ4v) is 4.94. The van der Waals surface area contributed by atoms with Gasteiger partial charge in [0.2, 0.25) is 5.91 Å². The zero-order chi connectivity index (χ0) is 23.4. The molecule has 1 unspecified atom stereocenters. The van der Waals surface area contributed by atoms with Crippen LogP contribution in [0.25, 0.3) is 21.9 Å². The molecule has 9 heteroatoms. The van der Waals surface area contributed by atoms with Crippen LogP contribution in [0.15, 0.2) is 23.0 Å². The molecule has 0 spiro atoms. The summed E-state index contributed by atoms with van der Waals surface area (Å²) in [4.78, 5) is 34.1. The van der Waals surface area contributed by atoms with Crippen LogP contribution in [-0.2, 0) is 11.3 Å². The number of H-pyrrole nitrogens is 2. The highest BCUT2D eigenvalue weighted by atomic mass is 32.1. The number of hydrogen-bond donors (Lipinski definition) is 3. The summed E-state index contributed by atoms with van der Waals surface area (Å²) in [6, 6.07) is 6.23. The van der Waals surface area contributed by atoms with E-state index in [1.54, 1.807) is 11.7 Å². The van der Waals surface area contributed by atoms with E-state index in [0.29, 0.717) is 54.2 Å². The Hall–Kier alpha value is -2.65. The number of ether oxygens (including phenoxy) is 1. The summed E-state index contributed by atoms with van der Waals surface area (Å²) < 4.78 is 7.25. The van der Waals surface area contributed by atoms with Gasteiger partial charge in [0.25, 0.3) is 5.56 Å². The molecule has 4 rings (SSSR count). The molecule has 8 nitrogen and oxygen atoms in total. The highest BCUT2D eigenvalue weighted by molar-refractivity contribution is 7.71. The molecule has 1 aliphatic rings. The number of carbonyl (C=O) groups is 1. The SMILES string of the molecule is COc1ccc2[nH]c3c(=O)n(CCCCC(=O)NCCN4CCCCC4C)c(=S)[nH]c3c2c1. The number of fused-ring (bicyclic) bond motifs is 3. The zero-order valence-electron chi connectivity index (χ0n) is 19.4. The number of unbranched alkanes of at least 4 members (excludes halogenated alkanes) is 1. The van der Waals surface area contributed by atoms with Crippen LogP contribution in [0.5, 0.6) is 5.75 Å². The lowest BCUT2D eigenvalue weighted by molar-refractivity contribution is -0.121. The van der Waals surface area contributed by atoms with Crippen molar-refractivity contribution >= 4 is 40.1 Å². The van der Waals surface area contributed by atoms with Crippen molar-refractivity contribution in [3.8, 4) is 5.75 Å². The van der Waals surface area contributed by atoms with Crippen LogP contribution in [0.4, 0.5) is 0 Å². The first-order chi connectivity index (χ1) is 16.0. The topological polar surface area (TPSA) is 95.2 Å². The molecule has 0 radical (unpaired) electrons. The van der Waals surface area contributed by atoms with E-state index >= 15 is 0 Å². The van der Waals surface area contributed by atoms with Crippen LogP contribution in [0.3, 0.4) is 0 Å². The van der Waals surface area contributed by atoms with Crippen LogP contribution in [-0.4, -0.2) is 58.1 Å². The van der Waals surface area contributed by atoms with Crippen molar-refractivity contribution in [1.82, 2.24) is 24.8 Å². The van der Waals surface area contributed by atoms with Crippen molar-refractivity contribution in [3.63, 3.8) is 0 Å². The quantitative estimate of drug-likeness (QED) is 0.327. The van der Waals surface area contributed by atoms with Crippen molar-refractivity contribution in [2.24, 2.45) is 0 Å². The maximum Gasteiger partial charge on any atom is 0.278 e. The zero-order valence-corrected chi connectivity index (χ0v) is 20.2. The number of aromatic nitrogens is 3. The monoisotopic (exact) mass is 471 g/mol. The Bertz CT molecular complexity index is 1240. The van der Waals surface area contributed by atoms with Gasteiger partial charge in [0.15, 0.2) is 4.77 Å². The molecule has 2 aromatic heterocycles. The minimum atomic E-state index is -0.149. The Labute approximate surface area is 198 Å². The molecule has 1 fully saturated rings. The minimum absolute atomic E-state index is 0.0668. The Morgan fingerprint density at radius 3 is 2.85 bits per heavy atom. The molecular weight excluding hydrogens is 438 g/mol. The third-order valence-corrected chi connectivity index (χ3v) is 6.96. The molecule has 1 saturated heterocycles. The lowest BCUT2D eigenvalue weighted by atomic mass is 10.0. The summed E-state index contributed by atoms with van der Waals surface area (Å²) in [5, 5.41) is 3.90. The number of piperidine rings is 1. The Balaban J connectivity index is 1.31. The summed E-state index contributed by atoms with van der Waals surface area (Å²) in [7, 11) is 1.61. The molecular formula is C24H33N5O3S. The average Bonchev–Trinajstić information content (AvgIpc) is 3.17. The number of methoxy groups -OCH3 is 1. The number of rotatable bonds is 9. The van der Waals surface area contributed by atoms with E-state index in [0.717, 1.165) is 29.7 Å². The van der Waals surface area contributed by atoms with Crippen LogP contribution < -0.4 is 15.6 Å². The number of likely N-dealkylation sites (tertiary alicyclic amines) is 1. The van der Waals surface area contributed by atoms with Gasteiger partial charge in [-0.3, -0.25) is 19.1 Å². The van der Waals surface area contributed by atoms with Crippen LogP contribution >= 0.6 is 12.2 Å². The van der Waals surface area contributed by atoms with Crippen LogP contribution in [0.1, 0.15) is 45.4 Å². The fraction of sp³-hybridized carbons (Fsp3) is 0.542. The summed E-state index contributed by atoms with van der Waals surface area (Å²) in [6.07, 6.45) is 5.66. The smallest absolute Gasteiger partial charge is 0.278 e. The van der Waals surface area contributed by atoms with Crippen LogP contribution in [0, 0.1) is 4.77 Å². The Kier molecular flexibility index (Phi) is 7.49. The lowest BCUT2D eigenvalue weighted by Gasteiger charge is -2.33. The molecule has 1 amide bonds. The highest BCUT2D eigenvalue weighted by Crippen LogP contribution is 2.26. The molecule has 178 valence electrons. The average molecular weight is 472 g/mol. The number of nitrogens with one attached hydrogen (secondary N) is 3. The molecule has 0 saturated carbocycles. The lowest BCUT2D eigenvalue weighted by Crippen LogP contribution is -2.42. The van der Waals surface area contributed by atoms with E-state index < -0.39 is 0 Å². The van der Waals surface area contributed by atoms with E-state index in [2.05, 4.69) is 27.1 Å². The molecule has 1 atom stereocenters. The summed E-state index contributed by atoms with van der Waals surface area (Å²) >= 11 is 5.47. The Morgan fingerprint density at radius 2 is 2.06 bits per heavy atom. The second kappa shape index (κ2) is 10.5. The fourth-order valence-electron chi connectivity index (χ4n) is 4.67. The maximum atomic E-state index is 13.0. The van der Waals surface area contributed by atoms with Gasteiger partial charge in [0, 0.05) is 43.0 Å². The predicted octanol–water partition coefficient (Wildman–Crippen LogP) is 3.71. The number of hydrogen-bond acceptors (Lipinski definition) is 5. The van der Waals surface area contributed by atoms with E-state index in [9.17, 15) is 9.59 Å². The number of carbonyl (C=O) groups excluding carboxylic acids is 1. The molecule has 1 aromatic carbocycles. The largest absolute Gasteiger partial charge is 0.497 e. The predicted molar refractivity (Wildman–Crippen MR) is 134 cm³/mol. The van der Waals surface area contributed by atoms with E-state index in [1.165, 1.54) is 19.3 Å². The number of benzene rings is 1. The van der Waals surface area contributed by atoms with Gasteiger partial charge in [-0.05, 0) is 69.6 Å². The Morgan fingerprint density at radius 1 is 1.21 bits per heavy atom. The van der Waals surface area contributed by atoms with Crippen molar-refractivity contribution in [2.45, 2.75) is 58.0 Å². The van der Waals surface area contributed by atoms with Gasteiger partial charge in [-0.1, -0.05) is 6.42 Å². The standard InChI is InChI=1S/C24H33N5O3S/c1-16-7-3-5-12-28(16)14-11-25-20(30)8-4-6-13-29-23(31)22-21(27-24(29)33)18-15-17(32-2)9-10-19(18)26-22/h9-10,15-16,26H,3-8,11-14H2,1-2H3,(H,25,30)(H,27,33). The minimum Gasteiger partial charge on any atom is -0.497 e. The van der Waals surface area contributed by atoms with Gasteiger partial charge in [-0.25, -0.2) is 0 Å². The molecule has 0 bridgehead atoms. The molecule has 33 heavy (non-hydrogen) atoms. The van der Waals surface area contributed by atoms with Gasteiger partial charge in [-0.15, -0.1) is 0 Å². The summed E-state index contributed by atoms with van der Waals surface area (Å²) in [5.41, 5.74) is 1.89. The molecule has 3 aromatic rings. The molecule has 1 aliphatic heterocycles. The first-order valence-corrected chi connectivity index (χ1v) is 12.2. The van der Waals surface area contributed by atoms with Gasteiger partial charge >= 0.3 is 0 Å². The number of amides is 1. The van der Waals surface area contributed by atoms with Crippen molar-refractivity contribution < 1.29 is 9.53 Å². The summed E-state index contributed by atoms with van der Waals surface area (Å²) in [6.45, 7) is 5.46.